The van der Waals surface area contributed by atoms with Crippen LogP contribution in [0.1, 0.15) is 69.3 Å². The van der Waals surface area contributed by atoms with E-state index in [4.69, 9.17) is 4.74 Å². The monoisotopic (exact) mass is 510 g/mol. The van der Waals surface area contributed by atoms with Crippen molar-refractivity contribution in [1.29, 1.82) is 0 Å². The minimum Gasteiger partial charge on any atom is -0.465 e. The lowest BCUT2D eigenvalue weighted by Crippen LogP contribution is -2.59. The summed E-state index contributed by atoms with van der Waals surface area (Å²) in [6, 6.07) is 7.95. The number of hydrogen-bond donors (Lipinski definition) is 1. The van der Waals surface area contributed by atoms with E-state index in [9.17, 15) is 19.2 Å². The zero-order valence-corrected chi connectivity index (χ0v) is 22.4. The summed E-state index contributed by atoms with van der Waals surface area (Å²) in [6.07, 6.45) is 2.84. The lowest BCUT2D eigenvalue weighted by molar-refractivity contribution is -0.168. The Morgan fingerprint density at radius 3 is 2.50 bits per heavy atom. The number of amides is 3. The molecule has 0 radical (unpaired) electrons. The van der Waals surface area contributed by atoms with Crippen LogP contribution in [0.3, 0.4) is 0 Å². The van der Waals surface area contributed by atoms with E-state index in [1.165, 1.54) is 28.9 Å². The first kappa shape index (κ1) is 26.1. The topological polar surface area (TPSA) is 92.8 Å². The number of fused-ring (bicyclic) bond motifs is 2. The van der Waals surface area contributed by atoms with E-state index < -0.39 is 11.4 Å². The van der Waals surface area contributed by atoms with Crippen molar-refractivity contribution in [2.24, 2.45) is 16.7 Å². The number of esters is 1. The smallest absolute Gasteiger partial charge is 0.341 e. The van der Waals surface area contributed by atoms with Crippen LogP contribution >= 0.6 is 11.3 Å². The number of methoxy groups -OCH3 is 1. The first-order valence-electron chi connectivity index (χ1n) is 12.5. The number of anilines is 1. The number of piperidine rings is 1. The van der Waals surface area contributed by atoms with Gasteiger partial charge in [0.25, 0.3) is 0 Å². The van der Waals surface area contributed by atoms with Gasteiger partial charge in [-0.2, -0.15) is 0 Å². The maximum absolute atomic E-state index is 13.2. The first-order valence-corrected chi connectivity index (χ1v) is 13.4. The summed E-state index contributed by atoms with van der Waals surface area (Å²) >= 11 is 1.27. The van der Waals surface area contributed by atoms with Gasteiger partial charge in [0, 0.05) is 29.8 Å². The molecule has 2 unspecified atom stereocenters. The van der Waals surface area contributed by atoms with Gasteiger partial charge in [0.15, 0.2) is 0 Å². The highest BCUT2D eigenvalue weighted by Gasteiger charge is 2.64. The first-order chi connectivity index (χ1) is 17.0. The summed E-state index contributed by atoms with van der Waals surface area (Å²) in [4.78, 5) is 52.9. The van der Waals surface area contributed by atoms with Crippen LogP contribution in [0.4, 0.5) is 5.00 Å². The molecule has 2 aliphatic rings. The summed E-state index contributed by atoms with van der Waals surface area (Å²) < 4.78 is 4.99. The van der Waals surface area contributed by atoms with Gasteiger partial charge in [-0.25, -0.2) is 4.79 Å². The minimum atomic E-state index is -0.550. The predicted molar refractivity (Wildman–Crippen MR) is 140 cm³/mol. The molecule has 2 heterocycles. The van der Waals surface area contributed by atoms with E-state index in [0.717, 1.165) is 18.4 Å². The third kappa shape index (κ3) is 4.25. The molecule has 1 aliphatic carbocycles. The Kier molecular flexibility index (Phi) is 7.10. The van der Waals surface area contributed by atoms with Crippen molar-refractivity contribution in [3.63, 3.8) is 0 Å². The number of nitrogens with one attached hydrogen (secondary N) is 1. The van der Waals surface area contributed by atoms with Crippen LogP contribution in [0.2, 0.25) is 0 Å². The maximum Gasteiger partial charge on any atom is 0.341 e. The van der Waals surface area contributed by atoms with Crippen molar-refractivity contribution < 1.29 is 23.9 Å². The Morgan fingerprint density at radius 2 is 1.86 bits per heavy atom. The Labute approximate surface area is 216 Å². The lowest BCUT2D eigenvalue weighted by atomic mass is 9.62. The second-order valence-corrected chi connectivity index (χ2v) is 11.4. The molecule has 1 saturated carbocycles. The lowest BCUT2D eigenvalue weighted by Gasteiger charge is -2.47. The Balaban J connectivity index is 1.42. The molecule has 2 atom stereocenters. The van der Waals surface area contributed by atoms with Crippen molar-refractivity contribution in [1.82, 2.24) is 4.90 Å². The predicted octanol–water partition coefficient (Wildman–Crippen LogP) is 5.29. The third-order valence-electron chi connectivity index (χ3n) is 8.40. The minimum absolute atomic E-state index is 0.120. The Morgan fingerprint density at radius 1 is 1.17 bits per heavy atom. The molecule has 1 aromatic heterocycles. The molecule has 8 heteroatoms. The number of hydrogen-bond acceptors (Lipinski definition) is 6. The second-order valence-electron chi connectivity index (χ2n) is 10.5. The number of rotatable bonds is 8. The molecule has 2 fully saturated rings. The number of aryl methyl sites for hydroxylation is 1. The van der Waals surface area contributed by atoms with Crippen molar-refractivity contribution in [3.8, 4) is 11.1 Å². The summed E-state index contributed by atoms with van der Waals surface area (Å²) in [7, 11) is 1.32. The van der Waals surface area contributed by atoms with Crippen molar-refractivity contribution in [2.45, 2.75) is 59.8 Å². The Bertz CT molecular complexity index is 1200. The molecule has 7 nitrogen and oxygen atoms in total. The van der Waals surface area contributed by atoms with E-state index in [0.29, 0.717) is 29.0 Å². The second kappa shape index (κ2) is 9.81. The highest BCUT2D eigenvalue weighted by Crippen LogP contribution is 2.60. The SMILES string of the molecule is CCc1ccc(-c2csc(NC(=O)CCCN3C(=O)C4CCC(C)(C3=O)C4(C)C)c2C(=O)OC)cc1. The summed E-state index contributed by atoms with van der Waals surface area (Å²) in [6.45, 7) is 8.28. The molecule has 2 aromatic rings. The highest BCUT2D eigenvalue weighted by atomic mass is 32.1. The van der Waals surface area contributed by atoms with Crippen LogP contribution in [-0.4, -0.2) is 42.2 Å². The molecule has 36 heavy (non-hydrogen) atoms. The van der Waals surface area contributed by atoms with Crippen LogP contribution in [0, 0.1) is 16.7 Å². The number of thiophene rings is 1. The number of carbonyl (C=O) groups excluding carboxylic acids is 4. The van der Waals surface area contributed by atoms with Gasteiger partial charge in [-0.3, -0.25) is 19.3 Å². The number of imide groups is 1. The van der Waals surface area contributed by atoms with Gasteiger partial charge in [0.05, 0.1) is 12.5 Å². The van der Waals surface area contributed by atoms with Crippen LogP contribution in [0.25, 0.3) is 11.1 Å². The highest BCUT2D eigenvalue weighted by molar-refractivity contribution is 7.15. The number of carbonyl (C=O) groups is 4. The van der Waals surface area contributed by atoms with E-state index in [-0.39, 0.29) is 42.0 Å². The van der Waals surface area contributed by atoms with Gasteiger partial charge in [-0.15, -0.1) is 11.3 Å². The van der Waals surface area contributed by atoms with Gasteiger partial charge >= 0.3 is 5.97 Å². The quantitative estimate of drug-likeness (QED) is 0.385. The zero-order valence-electron chi connectivity index (χ0n) is 21.6. The Hall–Kier alpha value is -3.00. The molecule has 1 N–H and O–H groups in total. The zero-order chi connectivity index (χ0) is 26.3. The van der Waals surface area contributed by atoms with Crippen molar-refractivity contribution >= 4 is 40.0 Å². The van der Waals surface area contributed by atoms with Crippen LogP contribution < -0.4 is 5.32 Å². The molecule has 3 amide bonds. The number of ether oxygens (including phenoxy) is 1. The van der Waals surface area contributed by atoms with Crippen LogP contribution in [-0.2, 0) is 25.5 Å². The molecule has 0 spiro atoms. The number of nitrogens with zero attached hydrogens (tertiary/aromatic N) is 1. The average molecular weight is 511 g/mol. The molecule has 1 aromatic carbocycles. The fourth-order valence-corrected chi connectivity index (χ4v) is 6.56. The molecule has 2 bridgehead atoms. The normalized spacial score (nSPS) is 22.6. The molecule has 1 aliphatic heterocycles. The standard InChI is InChI=1S/C28H34N2O5S/c1-6-17-9-11-18(12-10-17)19-16-36-23(22(19)25(33)35-5)29-21(31)8-7-15-30-24(32)20-13-14-28(4,26(30)34)27(20,2)3/h9-12,16,20H,6-8,13-15H2,1-5H3,(H,29,31). The summed E-state index contributed by atoms with van der Waals surface area (Å²) in [5.74, 6) is -1.20. The largest absolute Gasteiger partial charge is 0.465 e. The molecular formula is C28H34N2O5S. The maximum atomic E-state index is 13.2. The fourth-order valence-electron chi connectivity index (χ4n) is 5.59. The third-order valence-corrected chi connectivity index (χ3v) is 9.30. The van der Waals surface area contributed by atoms with Gasteiger partial charge < -0.3 is 10.1 Å². The van der Waals surface area contributed by atoms with Gasteiger partial charge in [-0.05, 0) is 42.2 Å². The fraction of sp³-hybridized carbons (Fsp3) is 0.500. The van der Waals surface area contributed by atoms with Crippen molar-refractivity contribution in [2.75, 3.05) is 19.0 Å². The van der Waals surface area contributed by atoms with Gasteiger partial charge in [0.2, 0.25) is 17.7 Å². The van der Waals surface area contributed by atoms with E-state index in [1.54, 1.807) is 0 Å². The van der Waals surface area contributed by atoms with E-state index >= 15 is 0 Å². The summed E-state index contributed by atoms with van der Waals surface area (Å²) in [5, 5.41) is 5.11. The number of benzene rings is 1. The van der Waals surface area contributed by atoms with E-state index in [2.05, 4.69) is 12.2 Å². The molecule has 1 saturated heterocycles. The molecular weight excluding hydrogens is 476 g/mol. The molecule has 4 rings (SSSR count). The molecule has 192 valence electrons. The van der Waals surface area contributed by atoms with Crippen molar-refractivity contribution in [3.05, 3.63) is 40.8 Å². The van der Waals surface area contributed by atoms with Crippen LogP contribution in [0.15, 0.2) is 29.6 Å². The summed E-state index contributed by atoms with van der Waals surface area (Å²) in [5.41, 5.74) is 2.20. The van der Waals surface area contributed by atoms with E-state index in [1.807, 2.05) is 50.4 Å². The van der Waals surface area contributed by atoms with Crippen LogP contribution in [0.5, 0.6) is 0 Å². The van der Waals surface area contributed by atoms with Gasteiger partial charge in [0.1, 0.15) is 10.6 Å². The van der Waals surface area contributed by atoms with Gasteiger partial charge in [-0.1, -0.05) is 52.0 Å². The number of likely N-dealkylation sites (tertiary alicyclic amines) is 1. The average Bonchev–Trinajstić information content (AvgIpc) is 3.35.